The summed E-state index contributed by atoms with van der Waals surface area (Å²) in [6.45, 7) is 2.97. The van der Waals surface area contributed by atoms with E-state index >= 15 is 0 Å². The number of hydrogen-bond acceptors (Lipinski definition) is 3. The molecule has 100 valence electrons. The fourth-order valence-corrected chi connectivity index (χ4v) is 3.34. The van der Waals surface area contributed by atoms with Gasteiger partial charge in [0.25, 0.3) is 0 Å². The minimum absolute atomic E-state index is 0.392. The highest BCUT2D eigenvalue weighted by Gasteiger charge is 2.15. The van der Waals surface area contributed by atoms with Crippen molar-refractivity contribution in [1.29, 1.82) is 0 Å². The summed E-state index contributed by atoms with van der Waals surface area (Å²) in [4.78, 5) is 0. The van der Waals surface area contributed by atoms with E-state index in [-0.39, 0.29) is 0 Å². The van der Waals surface area contributed by atoms with Crippen LogP contribution in [0.5, 0.6) is 5.75 Å². The van der Waals surface area contributed by atoms with Crippen molar-refractivity contribution in [3.05, 3.63) is 29.8 Å². The van der Waals surface area contributed by atoms with Gasteiger partial charge in [-0.2, -0.15) is 11.8 Å². The monoisotopic (exact) mass is 265 g/mol. The molecule has 2 nitrogen and oxygen atoms in total. The van der Waals surface area contributed by atoms with E-state index in [0.717, 1.165) is 24.5 Å². The van der Waals surface area contributed by atoms with Gasteiger partial charge in [0.05, 0.1) is 0 Å². The first-order valence-electron chi connectivity index (χ1n) is 6.84. The maximum Gasteiger partial charge on any atom is 0.120 e. The molecule has 3 heteroatoms. The van der Waals surface area contributed by atoms with Gasteiger partial charge in [0.2, 0.25) is 0 Å². The van der Waals surface area contributed by atoms with Crippen molar-refractivity contribution in [2.24, 2.45) is 5.73 Å². The van der Waals surface area contributed by atoms with E-state index in [2.05, 4.69) is 31.2 Å². The highest BCUT2D eigenvalue weighted by molar-refractivity contribution is 7.99. The first-order chi connectivity index (χ1) is 8.79. The van der Waals surface area contributed by atoms with Gasteiger partial charge < -0.3 is 10.5 Å². The Morgan fingerprint density at radius 1 is 1.50 bits per heavy atom. The fraction of sp³-hybridized carbons (Fsp3) is 0.600. The molecular weight excluding hydrogens is 242 g/mol. The molecule has 1 aromatic carbocycles. The molecule has 0 bridgehead atoms. The van der Waals surface area contributed by atoms with Crippen LogP contribution in [0.25, 0.3) is 0 Å². The average molecular weight is 265 g/mol. The van der Waals surface area contributed by atoms with Crippen LogP contribution < -0.4 is 10.5 Å². The van der Waals surface area contributed by atoms with Crippen LogP contribution in [-0.2, 0) is 0 Å². The van der Waals surface area contributed by atoms with Crippen molar-refractivity contribution in [3.8, 4) is 5.75 Å². The second-order valence-electron chi connectivity index (χ2n) is 5.01. The summed E-state index contributed by atoms with van der Waals surface area (Å²) < 4.78 is 6.07. The van der Waals surface area contributed by atoms with Crippen LogP contribution in [0.1, 0.15) is 37.7 Å². The van der Waals surface area contributed by atoms with Crippen LogP contribution in [0.15, 0.2) is 24.3 Å². The van der Waals surface area contributed by atoms with Crippen LogP contribution in [0.2, 0.25) is 0 Å². The SMILES string of the molecule is CC(CCN)c1cccc(OC2CCCSC2)c1. The summed E-state index contributed by atoms with van der Waals surface area (Å²) in [5, 5.41) is 0. The van der Waals surface area contributed by atoms with Crippen molar-refractivity contribution in [2.75, 3.05) is 18.1 Å². The largest absolute Gasteiger partial charge is 0.490 e. The van der Waals surface area contributed by atoms with Gasteiger partial charge in [0, 0.05) is 5.75 Å². The molecule has 1 aliphatic heterocycles. The molecule has 1 heterocycles. The van der Waals surface area contributed by atoms with Gasteiger partial charge in [-0.25, -0.2) is 0 Å². The van der Waals surface area contributed by atoms with Gasteiger partial charge >= 0.3 is 0 Å². The molecule has 1 aromatic rings. The predicted octanol–water partition coefficient (Wildman–Crippen LogP) is 3.41. The molecule has 0 aromatic heterocycles. The average Bonchev–Trinajstić information content (AvgIpc) is 2.40. The molecule has 1 aliphatic rings. The highest BCUT2D eigenvalue weighted by Crippen LogP contribution is 2.26. The summed E-state index contributed by atoms with van der Waals surface area (Å²) >= 11 is 2.00. The lowest BCUT2D eigenvalue weighted by molar-refractivity contribution is 0.211. The lowest BCUT2D eigenvalue weighted by Gasteiger charge is -2.23. The van der Waals surface area contributed by atoms with Crippen molar-refractivity contribution >= 4 is 11.8 Å². The number of hydrogen-bond donors (Lipinski definition) is 1. The molecule has 0 saturated carbocycles. The van der Waals surface area contributed by atoms with Gasteiger partial charge in [0.1, 0.15) is 11.9 Å². The van der Waals surface area contributed by atoms with Gasteiger partial charge in [-0.05, 0) is 55.2 Å². The zero-order valence-corrected chi connectivity index (χ0v) is 11.9. The second kappa shape index (κ2) is 7.05. The zero-order valence-electron chi connectivity index (χ0n) is 11.1. The van der Waals surface area contributed by atoms with Crippen LogP contribution >= 0.6 is 11.8 Å². The van der Waals surface area contributed by atoms with Crippen molar-refractivity contribution in [3.63, 3.8) is 0 Å². The second-order valence-corrected chi connectivity index (χ2v) is 6.16. The number of thioether (sulfide) groups is 1. The van der Waals surface area contributed by atoms with E-state index in [1.807, 2.05) is 11.8 Å². The van der Waals surface area contributed by atoms with E-state index in [1.165, 1.54) is 24.2 Å². The molecule has 2 unspecified atom stereocenters. The molecule has 1 saturated heterocycles. The Labute approximate surface area is 114 Å². The molecule has 1 fully saturated rings. The van der Waals surface area contributed by atoms with Gasteiger partial charge in [-0.1, -0.05) is 19.1 Å². The minimum Gasteiger partial charge on any atom is -0.490 e. The molecule has 0 amide bonds. The van der Waals surface area contributed by atoms with Crippen LogP contribution in [-0.4, -0.2) is 24.2 Å². The highest BCUT2D eigenvalue weighted by atomic mass is 32.2. The molecule has 0 radical (unpaired) electrons. The van der Waals surface area contributed by atoms with Crippen LogP contribution in [0.3, 0.4) is 0 Å². The third-order valence-corrected chi connectivity index (χ3v) is 4.63. The first kappa shape index (κ1) is 13.8. The predicted molar refractivity (Wildman–Crippen MR) is 79.5 cm³/mol. The fourth-order valence-electron chi connectivity index (χ4n) is 2.31. The van der Waals surface area contributed by atoms with Crippen molar-refractivity contribution in [1.82, 2.24) is 0 Å². The first-order valence-corrected chi connectivity index (χ1v) is 7.99. The van der Waals surface area contributed by atoms with E-state index in [0.29, 0.717) is 12.0 Å². The molecule has 0 aliphatic carbocycles. The Balaban J connectivity index is 1.97. The van der Waals surface area contributed by atoms with Gasteiger partial charge in [-0.15, -0.1) is 0 Å². The van der Waals surface area contributed by atoms with Crippen molar-refractivity contribution in [2.45, 2.75) is 38.2 Å². The molecule has 2 N–H and O–H groups in total. The number of ether oxygens (including phenoxy) is 1. The lowest BCUT2D eigenvalue weighted by atomic mass is 9.98. The van der Waals surface area contributed by atoms with E-state index in [9.17, 15) is 0 Å². The number of nitrogens with two attached hydrogens (primary N) is 1. The zero-order chi connectivity index (χ0) is 12.8. The maximum atomic E-state index is 6.07. The summed E-state index contributed by atoms with van der Waals surface area (Å²) in [6.07, 6.45) is 3.89. The van der Waals surface area contributed by atoms with E-state index in [4.69, 9.17) is 10.5 Å². The van der Waals surface area contributed by atoms with Gasteiger partial charge in [0.15, 0.2) is 0 Å². The molecule has 2 rings (SSSR count). The molecule has 18 heavy (non-hydrogen) atoms. The summed E-state index contributed by atoms with van der Waals surface area (Å²) in [5.41, 5.74) is 6.95. The summed E-state index contributed by atoms with van der Waals surface area (Å²) in [6, 6.07) is 8.51. The third kappa shape index (κ3) is 3.92. The quantitative estimate of drug-likeness (QED) is 0.886. The number of rotatable bonds is 5. The Bertz CT molecular complexity index is 363. The maximum absolute atomic E-state index is 6.07. The third-order valence-electron chi connectivity index (χ3n) is 3.45. The summed E-state index contributed by atoms with van der Waals surface area (Å²) in [7, 11) is 0. The Morgan fingerprint density at radius 2 is 2.39 bits per heavy atom. The van der Waals surface area contributed by atoms with Gasteiger partial charge in [-0.3, -0.25) is 0 Å². The van der Waals surface area contributed by atoms with E-state index < -0.39 is 0 Å². The van der Waals surface area contributed by atoms with Crippen molar-refractivity contribution < 1.29 is 4.74 Å². The Kier molecular flexibility index (Phi) is 5.39. The van der Waals surface area contributed by atoms with E-state index in [1.54, 1.807) is 0 Å². The normalized spacial score (nSPS) is 21.6. The number of benzene rings is 1. The Morgan fingerprint density at radius 3 is 3.11 bits per heavy atom. The standard InChI is InChI=1S/C15H23NOS/c1-12(7-8-16)13-4-2-5-14(10-13)17-15-6-3-9-18-11-15/h2,4-5,10,12,15H,3,6-9,11,16H2,1H3. The Hall–Kier alpha value is -0.670. The lowest BCUT2D eigenvalue weighted by Crippen LogP contribution is -2.23. The topological polar surface area (TPSA) is 35.2 Å². The smallest absolute Gasteiger partial charge is 0.120 e. The minimum atomic E-state index is 0.392. The summed E-state index contributed by atoms with van der Waals surface area (Å²) in [5.74, 6) is 3.94. The van der Waals surface area contributed by atoms with Crippen LogP contribution in [0, 0.1) is 0 Å². The van der Waals surface area contributed by atoms with Crippen LogP contribution in [0.4, 0.5) is 0 Å². The molecule has 2 atom stereocenters. The molecular formula is C15H23NOS. The molecule has 0 spiro atoms.